The van der Waals surface area contributed by atoms with Crippen molar-refractivity contribution in [3.63, 3.8) is 0 Å². The van der Waals surface area contributed by atoms with Crippen molar-refractivity contribution in [2.24, 2.45) is 12.0 Å². The Kier molecular flexibility index (Phi) is 5.68. The maximum absolute atomic E-state index is 5.82. The normalized spacial score (nSPS) is 16.4. The summed E-state index contributed by atoms with van der Waals surface area (Å²) in [5.74, 6) is 0.821. The van der Waals surface area contributed by atoms with E-state index >= 15 is 0 Å². The van der Waals surface area contributed by atoms with Crippen LogP contribution in [0.2, 0.25) is 0 Å². The Morgan fingerprint density at radius 2 is 1.97 bits per heavy atom. The minimum absolute atomic E-state index is 0.555. The number of ether oxygens (including phenoxy) is 1. The molecule has 160 valence electrons. The molecule has 0 amide bonds. The van der Waals surface area contributed by atoms with Gasteiger partial charge in [0.05, 0.1) is 24.7 Å². The molecule has 0 radical (unpaired) electrons. The van der Waals surface area contributed by atoms with E-state index in [-0.39, 0.29) is 0 Å². The number of pyridine rings is 1. The third kappa shape index (κ3) is 4.06. The van der Waals surface area contributed by atoms with E-state index in [4.69, 9.17) is 9.72 Å². The largest absolute Gasteiger partial charge is 0.495 e. The van der Waals surface area contributed by atoms with E-state index in [9.17, 15) is 0 Å². The number of aliphatic imine (C=N–C) groups is 1. The van der Waals surface area contributed by atoms with Crippen molar-refractivity contribution in [2.45, 2.75) is 42.4 Å². The molecule has 1 aliphatic heterocycles. The fourth-order valence-electron chi connectivity index (χ4n) is 4.39. The SMILES string of the molecule is COc1cc(-c2cnn(C)c2)ccc1N1CN=Cc2ccnc(SC3CCCCC3)c21. The van der Waals surface area contributed by atoms with Crippen LogP contribution in [-0.4, -0.2) is 40.0 Å². The number of nitrogens with zero attached hydrogens (tertiary/aromatic N) is 5. The molecule has 2 aromatic heterocycles. The van der Waals surface area contributed by atoms with Gasteiger partial charge in [0.25, 0.3) is 0 Å². The highest BCUT2D eigenvalue weighted by Gasteiger charge is 2.26. The van der Waals surface area contributed by atoms with Crippen LogP contribution < -0.4 is 9.64 Å². The number of aryl methyl sites for hydroxylation is 1. The van der Waals surface area contributed by atoms with Crippen LogP contribution in [0.25, 0.3) is 11.1 Å². The van der Waals surface area contributed by atoms with Crippen molar-refractivity contribution >= 4 is 29.4 Å². The molecule has 31 heavy (non-hydrogen) atoms. The lowest BCUT2D eigenvalue weighted by Gasteiger charge is -2.31. The molecule has 0 N–H and O–H groups in total. The smallest absolute Gasteiger partial charge is 0.143 e. The Morgan fingerprint density at radius 3 is 2.74 bits per heavy atom. The van der Waals surface area contributed by atoms with Crippen molar-refractivity contribution in [2.75, 3.05) is 18.7 Å². The van der Waals surface area contributed by atoms with E-state index in [2.05, 4.69) is 33.2 Å². The lowest BCUT2D eigenvalue weighted by Crippen LogP contribution is -2.24. The van der Waals surface area contributed by atoms with Gasteiger partial charge in [0, 0.05) is 42.0 Å². The Bertz CT molecular complexity index is 1100. The number of thioether (sulfide) groups is 1. The van der Waals surface area contributed by atoms with Crippen molar-refractivity contribution < 1.29 is 4.74 Å². The Hall–Kier alpha value is -2.80. The molecule has 0 spiro atoms. The fourth-order valence-corrected chi connectivity index (χ4v) is 5.74. The standard InChI is InChI=1S/C24H27N5OS/c1-28-15-19(14-27-28)17-8-9-21(22(12-17)30-2)29-16-25-13-18-10-11-26-24(23(18)29)31-20-6-4-3-5-7-20/h8-15,20H,3-7,16H2,1-2H3. The van der Waals surface area contributed by atoms with Gasteiger partial charge >= 0.3 is 0 Å². The molecule has 0 atom stereocenters. The lowest BCUT2D eigenvalue weighted by molar-refractivity contribution is 0.415. The van der Waals surface area contributed by atoms with E-state index in [1.807, 2.05) is 54.4 Å². The molecule has 3 aromatic rings. The van der Waals surface area contributed by atoms with Crippen LogP contribution in [0, 0.1) is 0 Å². The van der Waals surface area contributed by atoms with Crippen LogP contribution in [0.1, 0.15) is 37.7 Å². The Balaban J connectivity index is 1.52. The number of rotatable bonds is 5. The zero-order valence-corrected chi connectivity index (χ0v) is 18.8. The predicted molar refractivity (Wildman–Crippen MR) is 127 cm³/mol. The van der Waals surface area contributed by atoms with Gasteiger partial charge in [-0.15, -0.1) is 11.8 Å². The summed E-state index contributed by atoms with van der Waals surface area (Å²) in [7, 11) is 3.65. The van der Waals surface area contributed by atoms with Crippen LogP contribution in [0.15, 0.2) is 52.9 Å². The second-order valence-corrected chi connectivity index (χ2v) is 9.39. The summed E-state index contributed by atoms with van der Waals surface area (Å²) < 4.78 is 7.64. The minimum Gasteiger partial charge on any atom is -0.495 e. The number of hydrogen-bond donors (Lipinski definition) is 0. The van der Waals surface area contributed by atoms with Gasteiger partial charge < -0.3 is 9.64 Å². The molecule has 6 nitrogen and oxygen atoms in total. The van der Waals surface area contributed by atoms with Crippen molar-refractivity contribution in [1.82, 2.24) is 14.8 Å². The van der Waals surface area contributed by atoms with Crippen LogP contribution in [0.5, 0.6) is 5.75 Å². The van der Waals surface area contributed by atoms with Gasteiger partial charge in [-0.2, -0.15) is 5.10 Å². The second kappa shape index (κ2) is 8.75. The molecule has 0 unspecified atom stereocenters. The molecule has 3 heterocycles. The Labute approximate surface area is 187 Å². The summed E-state index contributed by atoms with van der Waals surface area (Å²) >= 11 is 1.93. The van der Waals surface area contributed by atoms with E-state index in [1.165, 1.54) is 32.1 Å². The summed E-state index contributed by atoms with van der Waals surface area (Å²) in [5, 5.41) is 6.03. The highest BCUT2D eigenvalue weighted by Crippen LogP contribution is 2.44. The average Bonchev–Trinajstić information content (AvgIpc) is 3.25. The molecule has 1 fully saturated rings. The first-order chi connectivity index (χ1) is 15.2. The van der Waals surface area contributed by atoms with E-state index < -0.39 is 0 Å². The second-order valence-electron chi connectivity index (χ2n) is 8.10. The molecule has 0 bridgehead atoms. The molecular weight excluding hydrogens is 406 g/mol. The summed E-state index contributed by atoms with van der Waals surface area (Å²) in [6.45, 7) is 0.555. The zero-order chi connectivity index (χ0) is 21.2. The number of fused-ring (bicyclic) bond motifs is 1. The van der Waals surface area contributed by atoms with Gasteiger partial charge in [0.15, 0.2) is 0 Å². The van der Waals surface area contributed by atoms with Gasteiger partial charge in [-0.05, 0) is 36.6 Å². The zero-order valence-electron chi connectivity index (χ0n) is 18.0. The maximum atomic E-state index is 5.82. The quantitative estimate of drug-likeness (QED) is 0.536. The lowest BCUT2D eigenvalue weighted by atomic mass is 10.0. The van der Waals surface area contributed by atoms with Crippen molar-refractivity contribution in [3.8, 4) is 16.9 Å². The van der Waals surface area contributed by atoms with E-state index in [0.717, 1.165) is 38.8 Å². The van der Waals surface area contributed by atoms with E-state index in [0.29, 0.717) is 11.9 Å². The summed E-state index contributed by atoms with van der Waals surface area (Å²) in [6, 6.07) is 8.37. The average molecular weight is 434 g/mol. The topological polar surface area (TPSA) is 55.5 Å². The predicted octanol–water partition coefficient (Wildman–Crippen LogP) is 5.44. The van der Waals surface area contributed by atoms with Crippen molar-refractivity contribution in [3.05, 3.63) is 48.4 Å². The maximum Gasteiger partial charge on any atom is 0.143 e. The number of benzene rings is 1. The fraction of sp³-hybridized carbons (Fsp3) is 0.375. The molecule has 5 rings (SSSR count). The van der Waals surface area contributed by atoms with Crippen LogP contribution >= 0.6 is 11.8 Å². The first-order valence-corrected chi connectivity index (χ1v) is 11.7. The first-order valence-electron chi connectivity index (χ1n) is 10.8. The third-order valence-corrected chi connectivity index (χ3v) is 7.31. The van der Waals surface area contributed by atoms with E-state index in [1.54, 1.807) is 7.11 Å². The highest BCUT2D eigenvalue weighted by atomic mass is 32.2. The van der Waals surface area contributed by atoms with Crippen LogP contribution in [0.4, 0.5) is 11.4 Å². The Morgan fingerprint density at radius 1 is 1.10 bits per heavy atom. The summed E-state index contributed by atoms with van der Waals surface area (Å²) in [4.78, 5) is 11.6. The molecule has 2 aliphatic rings. The molecule has 1 aliphatic carbocycles. The van der Waals surface area contributed by atoms with Crippen molar-refractivity contribution in [1.29, 1.82) is 0 Å². The number of methoxy groups -OCH3 is 1. The number of aromatic nitrogens is 3. The number of hydrogen-bond acceptors (Lipinski definition) is 6. The monoisotopic (exact) mass is 433 g/mol. The summed E-state index contributed by atoms with van der Waals surface area (Å²) in [5.41, 5.74) is 5.40. The van der Waals surface area contributed by atoms with Crippen LogP contribution in [0.3, 0.4) is 0 Å². The van der Waals surface area contributed by atoms with Gasteiger partial charge in [-0.3, -0.25) is 9.67 Å². The molecule has 0 saturated heterocycles. The van der Waals surface area contributed by atoms with Gasteiger partial charge in [-0.25, -0.2) is 4.98 Å². The molecule has 7 heteroatoms. The van der Waals surface area contributed by atoms with Crippen LogP contribution in [-0.2, 0) is 7.05 Å². The number of anilines is 2. The van der Waals surface area contributed by atoms with Gasteiger partial charge in [0.1, 0.15) is 17.4 Å². The molecular formula is C24H27N5OS. The molecule has 1 aromatic carbocycles. The minimum atomic E-state index is 0.555. The van der Waals surface area contributed by atoms with Gasteiger partial charge in [-0.1, -0.05) is 25.3 Å². The first kappa shape index (κ1) is 20.1. The van der Waals surface area contributed by atoms with Gasteiger partial charge in [0.2, 0.25) is 0 Å². The summed E-state index contributed by atoms with van der Waals surface area (Å²) in [6.07, 6.45) is 14.3. The third-order valence-electron chi connectivity index (χ3n) is 5.98. The highest BCUT2D eigenvalue weighted by molar-refractivity contribution is 8.00. The molecule has 1 saturated carbocycles.